The highest BCUT2D eigenvalue weighted by Gasteiger charge is 2.24. The molecule has 1 aliphatic heterocycles. The minimum Gasteiger partial charge on any atom is -0.360 e. The number of benzene rings is 1. The van der Waals surface area contributed by atoms with Crippen molar-refractivity contribution >= 4 is 11.4 Å². The Hall–Kier alpha value is -1.62. The van der Waals surface area contributed by atoms with Crippen LogP contribution in [0.2, 0.25) is 0 Å². The van der Waals surface area contributed by atoms with Crippen LogP contribution in [-0.4, -0.2) is 30.1 Å². The van der Waals surface area contributed by atoms with Gasteiger partial charge < -0.3 is 10.2 Å². The number of nitro groups is 1. The summed E-state index contributed by atoms with van der Waals surface area (Å²) in [6.07, 6.45) is 0. The molecule has 2 atom stereocenters. The molecule has 0 radical (unpaired) electrons. The van der Waals surface area contributed by atoms with Crippen molar-refractivity contribution in [3.63, 3.8) is 0 Å². The second-order valence-corrected chi connectivity index (χ2v) is 4.83. The summed E-state index contributed by atoms with van der Waals surface area (Å²) in [6.45, 7) is 6.38. The second kappa shape index (κ2) is 4.71. The number of rotatable bonds is 2. The largest absolute Gasteiger partial charge is 0.360 e. The van der Waals surface area contributed by atoms with Gasteiger partial charge in [-0.3, -0.25) is 10.1 Å². The lowest BCUT2D eigenvalue weighted by atomic mass is 10.1. The maximum atomic E-state index is 10.6. The molecule has 5 nitrogen and oxygen atoms in total. The smallest absolute Gasteiger partial charge is 0.269 e. The van der Waals surface area contributed by atoms with Gasteiger partial charge in [0.2, 0.25) is 0 Å². The fraction of sp³-hybridized carbons (Fsp3) is 0.500. The van der Waals surface area contributed by atoms with Gasteiger partial charge in [-0.1, -0.05) is 0 Å². The van der Waals surface area contributed by atoms with Gasteiger partial charge in [0.25, 0.3) is 5.69 Å². The molecule has 5 heteroatoms. The normalized spacial score (nSPS) is 24.7. The number of piperazine rings is 1. The molecular formula is C12H18N3O2+. The van der Waals surface area contributed by atoms with Gasteiger partial charge in [0.1, 0.15) is 12.1 Å². The molecule has 0 saturated carbocycles. The van der Waals surface area contributed by atoms with Crippen molar-refractivity contribution < 1.29 is 10.2 Å². The molecule has 1 aliphatic rings. The van der Waals surface area contributed by atoms with Crippen LogP contribution in [0.25, 0.3) is 0 Å². The number of hydrogen-bond donors (Lipinski definition) is 1. The fourth-order valence-electron chi connectivity index (χ4n) is 2.45. The van der Waals surface area contributed by atoms with E-state index in [4.69, 9.17) is 0 Å². The second-order valence-electron chi connectivity index (χ2n) is 4.83. The molecule has 17 heavy (non-hydrogen) atoms. The summed E-state index contributed by atoms with van der Waals surface area (Å²) in [5.41, 5.74) is 1.22. The summed E-state index contributed by atoms with van der Waals surface area (Å²) in [4.78, 5) is 12.5. The van der Waals surface area contributed by atoms with Crippen molar-refractivity contribution in [1.29, 1.82) is 0 Å². The molecule has 92 valence electrons. The highest BCUT2D eigenvalue weighted by atomic mass is 16.6. The van der Waals surface area contributed by atoms with Crippen LogP contribution in [0.3, 0.4) is 0 Å². The molecule has 0 amide bonds. The SMILES string of the molecule is C[C@H]1CN(c2ccc([N+](=O)[O-])cc2)C[C@H](C)[NH2+]1. The Bertz CT molecular complexity index is 395. The van der Waals surface area contributed by atoms with Crippen molar-refractivity contribution in [2.45, 2.75) is 25.9 Å². The Kier molecular flexibility index (Phi) is 3.28. The Morgan fingerprint density at radius 1 is 1.24 bits per heavy atom. The van der Waals surface area contributed by atoms with E-state index in [0.29, 0.717) is 12.1 Å². The van der Waals surface area contributed by atoms with Gasteiger partial charge >= 0.3 is 0 Å². The lowest BCUT2D eigenvalue weighted by Crippen LogP contribution is -2.99. The molecule has 1 heterocycles. The first-order valence-corrected chi connectivity index (χ1v) is 5.90. The zero-order valence-electron chi connectivity index (χ0n) is 10.2. The number of anilines is 1. The van der Waals surface area contributed by atoms with Crippen LogP contribution in [-0.2, 0) is 0 Å². The number of nitrogens with zero attached hydrogens (tertiary/aromatic N) is 2. The van der Waals surface area contributed by atoms with Crippen LogP contribution in [0.15, 0.2) is 24.3 Å². The van der Waals surface area contributed by atoms with Crippen LogP contribution in [0.1, 0.15) is 13.8 Å². The first-order valence-electron chi connectivity index (χ1n) is 5.90. The average molecular weight is 236 g/mol. The van der Waals surface area contributed by atoms with Gasteiger partial charge in [-0.05, 0) is 26.0 Å². The molecule has 1 aromatic rings. The van der Waals surface area contributed by atoms with E-state index in [1.54, 1.807) is 12.1 Å². The van der Waals surface area contributed by atoms with Gasteiger partial charge in [0, 0.05) is 17.8 Å². The van der Waals surface area contributed by atoms with E-state index in [9.17, 15) is 10.1 Å². The van der Waals surface area contributed by atoms with E-state index < -0.39 is 0 Å². The summed E-state index contributed by atoms with van der Waals surface area (Å²) in [5.74, 6) is 0. The maximum Gasteiger partial charge on any atom is 0.269 e. The molecular weight excluding hydrogens is 218 g/mol. The molecule has 1 aromatic carbocycles. The summed E-state index contributed by atoms with van der Waals surface area (Å²) in [7, 11) is 0. The zero-order chi connectivity index (χ0) is 12.4. The van der Waals surface area contributed by atoms with Crippen LogP contribution in [0, 0.1) is 10.1 Å². The third kappa shape index (κ3) is 2.74. The predicted molar refractivity (Wildman–Crippen MR) is 66.2 cm³/mol. The Balaban J connectivity index is 2.14. The minimum atomic E-state index is -0.362. The highest BCUT2D eigenvalue weighted by Crippen LogP contribution is 2.20. The van der Waals surface area contributed by atoms with Crippen molar-refractivity contribution in [3.05, 3.63) is 34.4 Å². The molecule has 0 aliphatic carbocycles. The van der Waals surface area contributed by atoms with Crippen molar-refractivity contribution in [2.24, 2.45) is 0 Å². The fourth-order valence-corrected chi connectivity index (χ4v) is 2.45. The summed E-state index contributed by atoms with van der Waals surface area (Å²) >= 11 is 0. The number of hydrogen-bond acceptors (Lipinski definition) is 3. The highest BCUT2D eigenvalue weighted by molar-refractivity contribution is 5.51. The minimum absolute atomic E-state index is 0.151. The topological polar surface area (TPSA) is 63.0 Å². The van der Waals surface area contributed by atoms with E-state index in [-0.39, 0.29) is 10.6 Å². The van der Waals surface area contributed by atoms with E-state index in [1.807, 2.05) is 12.1 Å². The van der Waals surface area contributed by atoms with Gasteiger partial charge in [0.05, 0.1) is 18.0 Å². The quantitative estimate of drug-likeness (QED) is 0.609. The lowest BCUT2D eigenvalue weighted by molar-refractivity contribution is -0.716. The van der Waals surface area contributed by atoms with Crippen molar-refractivity contribution in [1.82, 2.24) is 0 Å². The van der Waals surface area contributed by atoms with E-state index in [2.05, 4.69) is 24.1 Å². The van der Waals surface area contributed by atoms with Crippen molar-refractivity contribution in [3.8, 4) is 0 Å². The number of nitrogens with two attached hydrogens (primary N) is 1. The van der Waals surface area contributed by atoms with Gasteiger partial charge in [-0.2, -0.15) is 0 Å². The third-order valence-electron chi connectivity index (χ3n) is 3.10. The average Bonchev–Trinajstić information content (AvgIpc) is 2.28. The van der Waals surface area contributed by atoms with Crippen LogP contribution in [0.4, 0.5) is 11.4 Å². The molecule has 0 spiro atoms. The molecule has 0 aromatic heterocycles. The molecule has 2 N–H and O–H groups in total. The molecule has 0 bridgehead atoms. The molecule has 2 rings (SSSR count). The third-order valence-corrected chi connectivity index (χ3v) is 3.10. The summed E-state index contributed by atoms with van der Waals surface area (Å²) in [6, 6.07) is 7.94. The number of non-ortho nitro benzene ring substituents is 1. The monoisotopic (exact) mass is 236 g/mol. The van der Waals surface area contributed by atoms with Crippen molar-refractivity contribution in [2.75, 3.05) is 18.0 Å². The zero-order valence-corrected chi connectivity index (χ0v) is 10.2. The maximum absolute atomic E-state index is 10.6. The Labute approximate surface area is 101 Å². The summed E-state index contributed by atoms with van der Waals surface area (Å²) < 4.78 is 0. The van der Waals surface area contributed by atoms with Crippen LogP contribution in [0.5, 0.6) is 0 Å². The molecule has 1 fully saturated rings. The Morgan fingerprint density at radius 2 is 1.76 bits per heavy atom. The van der Waals surface area contributed by atoms with Gasteiger partial charge in [-0.25, -0.2) is 0 Å². The lowest BCUT2D eigenvalue weighted by Gasteiger charge is -2.34. The van der Waals surface area contributed by atoms with Gasteiger partial charge in [0.15, 0.2) is 0 Å². The first kappa shape index (κ1) is 11.9. The van der Waals surface area contributed by atoms with Gasteiger partial charge in [-0.15, -0.1) is 0 Å². The van der Waals surface area contributed by atoms with E-state index >= 15 is 0 Å². The molecule has 0 unspecified atom stereocenters. The van der Waals surface area contributed by atoms with Crippen LogP contribution >= 0.6 is 0 Å². The van der Waals surface area contributed by atoms with Crippen LogP contribution < -0.4 is 10.2 Å². The van der Waals surface area contributed by atoms with E-state index in [1.165, 1.54) is 0 Å². The standard InChI is InChI=1S/C12H17N3O2/c1-9-7-14(8-10(2)13-9)11-3-5-12(6-4-11)15(16)17/h3-6,9-10,13H,7-8H2,1-2H3/p+1/t9-,10-/m0/s1. The Morgan fingerprint density at radius 3 is 2.24 bits per heavy atom. The predicted octanol–water partition coefficient (Wildman–Crippen LogP) is 0.755. The number of nitro benzene ring substituents is 1. The molecule has 1 saturated heterocycles. The van der Waals surface area contributed by atoms with E-state index in [0.717, 1.165) is 18.8 Å². The number of quaternary nitrogens is 1. The first-order chi connectivity index (χ1) is 8.06. The summed E-state index contributed by atoms with van der Waals surface area (Å²) in [5, 5.41) is 12.9.